The van der Waals surface area contributed by atoms with Gasteiger partial charge in [-0.25, -0.2) is 4.79 Å². The largest absolute Gasteiger partial charge is 0.481 e. The number of hydrogen-bond donors (Lipinski definition) is 2. The molecule has 102 valence electrons. The van der Waals surface area contributed by atoms with Crippen LogP contribution in [-0.2, 0) is 11.2 Å². The maximum atomic E-state index is 12.1. The van der Waals surface area contributed by atoms with Gasteiger partial charge in [0.1, 0.15) is 0 Å². The summed E-state index contributed by atoms with van der Waals surface area (Å²) in [6.07, 6.45) is 2.02. The second kappa shape index (κ2) is 5.73. The van der Waals surface area contributed by atoms with Gasteiger partial charge in [0, 0.05) is 18.3 Å². The summed E-state index contributed by atoms with van der Waals surface area (Å²) in [6.45, 7) is 2.61. The lowest BCUT2D eigenvalue weighted by atomic mass is 10.1. The second-order valence-electron chi connectivity index (χ2n) is 4.68. The van der Waals surface area contributed by atoms with Crippen molar-refractivity contribution in [2.45, 2.75) is 32.2 Å². The minimum atomic E-state index is -0.906. The van der Waals surface area contributed by atoms with Gasteiger partial charge in [0.25, 0.3) is 0 Å². The first-order valence-electron chi connectivity index (χ1n) is 6.49. The number of urea groups is 1. The molecule has 0 radical (unpaired) electrons. The number of hydrogen-bond acceptors (Lipinski definition) is 2. The molecule has 2 rings (SSSR count). The van der Waals surface area contributed by atoms with Gasteiger partial charge in [-0.3, -0.25) is 4.79 Å². The lowest BCUT2D eigenvalue weighted by Crippen LogP contribution is -2.36. The van der Waals surface area contributed by atoms with E-state index in [1.54, 1.807) is 29.2 Å². The normalized spacial score (nSPS) is 13.9. The number of amides is 2. The van der Waals surface area contributed by atoms with Crippen molar-refractivity contribution in [1.82, 2.24) is 4.90 Å². The monoisotopic (exact) mass is 262 g/mol. The molecule has 1 saturated carbocycles. The van der Waals surface area contributed by atoms with Crippen molar-refractivity contribution in [1.29, 1.82) is 0 Å². The molecule has 0 atom stereocenters. The van der Waals surface area contributed by atoms with Crippen LogP contribution in [0.5, 0.6) is 0 Å². The SMILES string of the molecule is CCN(C(=O)Nc1ccccc1CC(=O)O)C1CC1. The van der Waals surface area contributed by atoms with Crippen LogP contribution in [0.25, 0.3) is 0 Å². The molecule has 0 aliphatic heterocycles. The van der Waals surface area contributed by atoms with Crippen molar-refractivity contribution >= 4 is 17.7 Å². The van der Waals surface area contributed by atoms with Gasteiger partial charge in [-0.1, -0.05) is 18.2 Å². The quantitative estimate of drug-likeness (QED) is 0.855. The van der Waals surface area contributed by atoms with E-state index in [-0.39, 0.29) is 12.5 Å². The van der Waals surface area contributed by atoms with E-state index < -0.39 is 5.97 Å². The lowest BCUT2D eigenvalue weighted by Gasteiger charge is -2.21. The molecule has 1 aliphatic carbocycles. The standard InChI is InChI=1S/C14H18N2O3/c1-2-16(11-7-8-11)14(19)15-12-6-4-3-5-10(12)9-13(17)18/h3-6,11H,2,7-9H2,1H3,(H,15,19)(H,17,18). The summed E-state index contributed by atoms with van der Waals surface area (Å²) in [6, 6.07) is 7.20. The van der Waals surface area contributed by atoms with Gasteiger partial charge in [-0.05, 0) is 31.4 Å². The molecule has 0 aromatic heterocycles. The topological polar surface area (TPSA) is 69.6 Å². The molecule has 1 aromatic rings. The molecule has 0 saturated heterocycles. The molecule has 0 bridgehead atoms. The third-order valence-electron chi connectivity index (χ3n) is 3.19. The zero-order chi connectivity index (χ0) is 13.8. The zero-order valence-electron chi connectivity index (χ0n) is 10.9. The Bertz CT molecular complexity index is 483. The smallest absolute Gasteiger partial charge is 0.322 e. The van der Waals surface area contributed by atoms with Crippen molar-refractivity contribution in [2.24, 2.45) is 0 Å². The molecule has 1 fully saturated rings. The average molecular weight is 262 g/mol. The number of carbonyl (C=O) groups is 2. The molecular weight excluding hydrogens is 244 g/mol. The third-order valence-corrected chi connectivity index (χ3v) is 3.19. The summed E-state index contributed by atoms with van der Waals surface area (Å²) >= 11 is 0. The maximum Gasteiger partial charge on any atom is 0.322 e. The van der Waals surface area contributed by atoms with Gasteiger partial charge in [0.15, 0.2) is 0 Å². The Kier molecular flexibility index (Phi) is 4.04. The number of carboxylic acid groups (broad SMARTS) is 1. The van der Waals surface area contributed by atoms with E-state index in [0.717, 1.165) is 12.8 Å². The first-order chi connectivity index (χ1) is 9.11. The number of carboxylic acids is 1. The highest BCUT2D eigenvalue weighted by Gasteiger charge is 2.31. The lowest BCUT2D eigenvalue weighted by molar-refractivity contribution is -0.136. The van der Waals surface area contributed by atoms with E-state index in [1.165, 1.54) is 0 Å². The van der Waals surface area contributed by atoms with E-state index in [0.29, 0.717) is 23.8 Å². The summed E-state index contributed by atoms with van der Waals surface area (Å²) in [5.74, 6) is -0.906. The Labute approximate surface area is 112 Å². The van der Waals surface area contributed by atoms with Gasteiger partial charge >= 0.3 is 12.0 Å². The molecule has 0 spiro atoms. The minimum Gasteiger partial charge on any atom is -0.481 e. The van der Waals surface area contributed by atoms with E-state index in [1.807, 2.05) is 6.92 Å². The predicted molar refractivity (Wildman–Crippen MR) is 72.2 cm³/mol. The first-order valence-corrected chi connectivity index (χ1v) is 6.49. The average Bonchev–Trinajstić information content (AvgIpc) is 3.16. The molecular formula is C14H18N2O3. The molecule has 0 heterocycles. The number of carbonyl (C=O) groups excluding carboxylic acids is 1. The van der Waals surface area contributed by atoms with Crippen molar-refractivity contribution in [3.05, 3.63) is 29.8 Å². The third kappa shape index (κ3) is 3.47. The van der Waals surface area contributed by atoms with Crippen LogP contribution < -0.4 is 5.32 Å². The minimum absolute atomic E-state index is 0.0913. The molecule has 1 aliphatic rings. The van der Waals surface area contributed by atoms with Crippen LogP contribution >= 0.6 is 0 Å². The first kappa shape index (κ1) is 13.4. The van der Waals surface area contributed by atoms with Crippen molar-refractivity contribution in [3.63, 3.8) is 0 Å². The molecule has 19 heavy (non-hydrogen) atoms. The van der Waals surface area contributed by atoms with Crippen molar-refractivity contribution < 1.29 is 14.7 Å². The Balaban J connectivity index is 2.09. The number of nitrogens with one attached hydrogen (secondary N) is 1. The van der Waals surface area contributed by atoms with Crippen LogP contribution in [0.15, 0.2) is 24.3 Å². The number of anilines is 1. The van der Waals surface area contributed by atoms with Gasteiger partial charge in [-0.15, -0.1) is 0 Å². The summed E-state index contributed by atoms with van der Waals surface area (Å²) in [5.41, 5.74) is 1.20. The number of rotatable bonds is 5. The fourth-order valence-corrected chi connectivity index (χ4v) is 2.10. The van der Waals surface area contributed by atoms with Crippen LogP contribution in [0.1, 0.15) is 25.3 Å². The molecule has 0 unspecified atom stereocenters. The Morgan fingerprint density at radius 2 is 2.05 bits per heavy atom. The number of nitrogens with zero attached hydrogens (tertiary/aromatic N) is 1. The van der Waals surface area contributed by atoms with Gasteiger partial charge in [0.2, 0.25) is 0 Å². The van der Waals surface area contributed by atoms with Crippen LogP contribution in [0.4, 0.5) is 10.5 Å². The molecule has 2 amide bonds. The van der Waals surface area contributed by atoms with Crippen LogP contribution in [0, 0.1) is 0 Å². The zero-order valence-corrected chi connectivity index (χ0v) is 10.9. The number of para-hydroxylation sites is 1. The number of benzene rings is 1. The molecule has 5 heteroatoms. The highest BCUT2D eigenvalue weighted by molar-refractivity contribution is 5.91. The fourth-order valence-electron chi connectivity index (χ4n) is 2.10. The number of aliphatic carboxylic acids is 1. The van der Waals surface area contributed by atoms with Gasteiger partial charge in [-0.2, -0.15) is 0 Å². The Morgan fingerprint density at radius 1 is 1.37 bits per heavy atom. The van der Waals surface area contributed by atoms with E-state index >= 15 is 0 Å². The van der Waals surface area contributed by atoms with Crippen LogP contribution in [0.2, 0.25) is 0 Å². The van der Waals surface area contributed by atoms with Crippen molar-refractivity contribution in [2.75, 3.05) is 11.9 Å². The molecule has 5 nitrogen and oxygen atoms in total. The Morgan fingerprint density at radius 3 is 2.63 bits per heavy atom. The fraction of sp³-hybridized carbons (Fsp3) is 0.429. The van der Waals surface area contributed by atoms with E-state index in [9.17, 15) is 9.59 Å². The van der Waals surface area contributed by atoms with Crippen LogP contribution in [0.3, 0.4) is 0 Å². The van der Waals surface area contributed by atoms with E-state index in [2.05, 4.69) is 5.32 Å². The summed E-state index contributed by atoms with van der Waals surface area (Å²) < 4.78 is 0. The Hall–Kier alpha value is -2.04. The highest BCUT2D eigenvalue weighted by atomic mass is 16.4. The molecule has 1 aromatic carbocycles. The van der Waals surface area contributed by atoms with Crippen LogP contribution in [-0.4, -0.2) is 34.6 Å². The highest BCUT2D eigenvalue weighted by Crippen LogP contribution is 2.27. The summed E-state index contributed by atoms with van der Waals surface area (Å²) in [5, 5.41) is 11.7. The van der Waals surface area contributed by atoms with Gasteiger partial charge in [0.05, 0.1) is 6.42 Å². The summed E-state index contributed by atoms with van der Waals surface area (Å²) in [4.78, 5) is 24.7. The summed E-state index contributed by atoms with van der Waals surface area (Å²) in [7, 11) is 0. The predicted octanol–water partition coefficient (Wildman–Crippen LogP) is 2.33. The van der Waals surface area contributed by atoms with Gasteiger partial charge < -0.3 is 15.3 Å². The second-order valence-corrected chi connectivity index (χ2v) is 4.68. The van der Waals surface area contributed by atoms with E-state index in [4.69, 9.17) is 5.11 Å². The maximum absolute atomic E-state index is 12.1. The molecule has 2 N–H and O–H groups in total. The van der Waals surface area contributed by atoms with Crippen molar-refractivity contribution in [3.8, 4) is 0 Å².